The third-order valence-corrected chi connectivity index (χ3v) is 6.01. The molecule has 0 heterocycles. The molecule has 0 nitrogen and oxygen atoms in total. The molecule has 0 saturated heterocycles. The SMILES string of the molecule is CCC(C)(c1ccc(C)cc1)C(C)(CC)c1ccc(C)cc1. The van der Waals surface area contributed by atoms with Gasteiger partial charge in [0.15, 0.2) is 0 Å². The summed E-state index contributed by atoms with van der Waals surface area (Å²) in [5.74, 6) is 0. The first-order chi connectivity index (χ1) is 10.4. The van der Waals surface area contributed by atoms with Crippen LogP contribution < -0.4 is 0 Å². The zero-order valence-corrected chi connectivity index (χ0v) is 15.0. The Kier molecular flexibility index (Phi) is 4.80. The first kappa shape index (κ1) is 16.8. The highest BCUT2D eigenvalue weighted by molar-refractivity contribution is 5.39. The van der Waals surface area contributed by atoms with E-state index in [0.717, 1.165) is 12.8 Å². The highest BCUT2D eigenvalue weighted by atomic mass is 14.5. The molecule has 0 saturated carbocycles. The summed E-state index contributed by atoms with van der Waals surface area (Å²) < 4.78 is 0. The van der Waals surface area contributed by atoms with Crippen molar-refractivity contribution in [2.24, 2.45) is 0 Å². The van der Waals surface area contributed by atoms with Gasteiger partial charge in [0.1, 0.15) is 0 Å². The lowest BCUT2D eigenvalue weighted by atomic mass is 9.56. The van der Waals surface area contributed by atoms with E-state index in [0.29, 0.717) is 0 Å². The molecule has 0 aliphatic carbocycles. The van der Waals surface area contributed by atoms with Gasteiger partial charge in [0.05, 0.1) is 0 Å². The van der Waals surface area contributed by atoms with Crippen molar-refractivity contribution in [2.75, 3.05) is 0 Å². The van der Waals surface area contributed by atoms with Crippen LogP contribution in [0.25, 0.3) is 0 Å². The van der Waals surface area contributed by atoms with Gasteiger partial charge in [-0.15, -0.1) is 0 Å². The van der Waals surface area contributed by atoms with Gasteiger partial charge in [-0.05, 0) is 37.8 Å². The zero-order valence-electron chi connectivity index (χ0n) is 15.0. The number of hydrogen-bond donors (Lipinski definition) is 0. The van der Waals surface area contributed by atoms with Crippen LogP contribution in [-0.4, -0.2) is 0 Å². The van der Waals surface area contributed by atoms with E-state index in [1.54, 1.807) is 0 Å². The van der Waals surface area contributed by atoms with Crippen LogP contribution in [0.15, 0.2) is 48.5 Å². The van der Waals surface area contributed by atoms with Crippen LogP contribution in [0.5, 0.6) is 0 Å². The lowest BCUT2D eigenvalue weighted by Gasteiger charge is -2.47. The van der Waals surface area contributed by atoms with Gasteiger partial charge in [-0.3, -0.25) is 0 Å². The van der Waals surface area contributed by atoms with Crippen LogP contribution >= 0.6 is 0 Å². The van der Waals surface area contributed by atoms with Crippen LogP contribution in [0.2, 0.25) is 0 Å². The third-order valence-electron chi connectivity index (χ3n) is 6.01. The van der Waals surface area contributed by atoms with E-state index in [2.05, 4.69) is 90.1 Å². The highest BCUT2D eigenvalue weighted by Crippen LogP contribution is 2.48. The van der Waals surface area contributed by atoms with Crippen LogP contribution in [0.1, 0.15) is 62.8 Å². The second kappa shape index (κ2) is 6.28. The second-order valence-corrected chi connectivity index (χ2v) is 7.10. The van der Waals surface area contributed by atoms with E-state index in [-0.39, 0.29) is 10.8 Å². The van der Waals surface area contributed by atoms with Crippen LogP contribution in [-0.2, 0) is 10.8 Å². The average molecular weight is 294 g/mol. The summed E-state index contributed by atoms with van der Waals surface area (Å²) >= 11 is 0. The maximum Gasteiger partial charge on any atom is 0.00162 e. The van der Waals surface area contributed by atoms with Gasteiger partial charge in [0.2, 0.25) is 0 Å². The number of rotatable bonds is 5. The van der Waals surface area contributed by atoms with Gasteiger partial charge in [0.25, 0.3) is 0 Å². The molecule has 2 aromatic rings. The van der Waals surface area contributed by atoms with Gasteiger partial charge >= 0.3 is 0 Å². The van der Waals surface area contributed by atoms with Gasteiger partial charge in [0, 0.05) is 10.8 Å². The molecule has 0 bridgehead atoms. The molecule has 0 fully saturated rings. The molecule has 22 heavy (non-hydrogen) atoms. The number of benzene rings is 2. The third kappa shape index (κ3) is 2.72. The van der Waals surface area contributed by atoms with Crippen LogP contribution in [0.4, 0.5) is 0 Å². The Morgan fingerprint density at radius 2 is 0.864 bits per heavy atom. The standard InChI is InChI=1S/C22H30/c1-7-21(5,19-13-9-17(3)10-14-19)22(6,8-2)20-15-11-18(4)12-16-20/h9-16H,7-8H2,1-6H3. The highest BCUT2D eigenvalue weighted by Gasteiger charge is 2.44. The first-order valence-corrected chi connectivity index (χ1v) is 8.51. The van der Waals surface area contributed by atoms with Crippen molar-refractivity contribution in [3.05, 3.63) is 70.8 Å². The average Bonchev–Trinajstić information content (AvgIpc) is 2.54. The van der Waals surface area contributed by atoms with E-state index >= 15 is 0 Å². The maximum absolute atomic E-state index is 2.43. The summed E-state index contributed by atoms with van der Waals surface area (Å²) in [6.45, 7) is 13.8. The molecule has 2 aromatic carbocycles. The van der Waals surface area contributed by atoms with E-state index < -0.39 is 0 Å². The quantitative estimate of drug-likeness (QED) is 0.603. The van der Waals surface area contributed by atoms with Crippen LogP contribution in [0, 0.1) is 13.8 Å². The Bertz CT molecular complexity index is 548. The van der Waals surface area contributed by atoms with Crippen molar-refractivity contribution < 1.29 is 0 Å². The predicted molar refractivity (Wildman–Crippen MR) is 97.6 cm³/mol. The Morgan fingerprint density at radius 3 is 1.09 bits per heavy atom. The normalized spacial score (nSPS) is 16.8. The van der Waals surface area contributed by atoms with Gasteiger partial charge in [-0.1, -0.05) is 87.4 Å². The number of aryl methyl sites for hydroxylation is 2. The molecule has 0 heteroatoms. The van der Waals surface area contributed by atoms with Gasteiger partial charge in [-0.2, -0.15) is 0 Å². The summed E-state index contributed by atoms with van der Waals surface area (Å²) in [6.07, 6.45) is 2.27. The topological polar surface area (TPSA) is 0 Å². The van der Waals surface area contributed by atoms with E-state index in [9.17, 15) is 0 Å². The molecule has 0 spiro atoms. The van der Waals surface area contributed by atoms with Gasteiger partial charge in [-0.25, -0.2) is 0 Å². The molecule has 118 valence electrons. The van der Waals surface area contributed by atoms with E-state index in [4.69, 9.17) is 0 Å². The second-order valence-electron chi connectivity index (χ2n) is 7.10. The summed E-state index contributed by atoms with van der Waals surface area (Å²) in [5, 5.41) is 0. The van der Waals surface area contributed by atoms with E-state index in [1.165, 1.54) is 22.3 Å². The molecule has 0 amide bonds. The zero-order chi connectivity index (χ0) is 16.4. The van der Waals surface area contributed by atoms with Crippen molar-refractivity contribution in [1.82, 2.24) is 0 Å². The fourth-order valence-electron chi connectivity index (χ4n) is 3.67. The molecule has 2 rings (SSSR count). The molecule has 2 atom stereocenters. The van der Waals surface area contributed by atoms with Crippen molar-refractivity contribution in [2.45, 2.75) is 65.2 Å². The van der Waals surface area contributed by atoms with Crippen molar-refractivity contribution in [3.8, 4) is 0 Å². The minimum absolute atomic E-state index is 0.130. The molecule has 0 aliphatic rings. The Labute approximate surface area is 136 Å². The molecule has 0 radical (unpaired) electrons. The summed E-state index contributed by atoms with van der Waals surface area (Å²) in [4.78, 5) is 0. The van der Waals surface area contributed by atoms with Crippen LogP contribution in [0.3, 0.4) is 0 Å². The first-order valence-electron chi connectivity index (χ1n) is 8.51. The predicted octanol–water partition coefficient (Wildman–Crippen LogP) is 6.34. The van der Waals surface area contributed by atoms with Crippen molar-refractivity contribution >= 4 is 0 Å². The molecular weight excluding hydrogens is 264 g/mol. The Hall–Kier alpha value is -1.56. The van der Waals surface area contributed by atoms with Gasteiger partial charge < -0.3 is 0 Å². The van der Waals surface area contributed by atoms with Crippen molar-refractivity contribution in [3.63, 3.8) is 0 Å². The molecule has 0 aromatic heterocycles. The van der Waals surface area contributed by atoms with E-state index in [1.807, 2.05) is 0 Å². The lowest BCUT2D eigenvalue weighted by molar-refractivity contribution is 0.234. The smallest absolute Gasteiger partial charge is 0.00162 e. The maximum atomic E-state index is 2.43. The molecule has 0 N–H and O–H groups in total. The summed E-state index contributed by atoms with van der Waals surface area (Å²) in [5.41, 5.74) is 5.82. The molecule has 0 aliphatic heterocycles. The molecule has 2 unspecified atom stereocenters. The number of hydrogen-bond acceptors (Lipinski definition) is 0. The Balaban J connectivity index is 2.57. The fraction of sp³-hybridized carbons (Fsp3) is 0.455. The largest absolute Gasteiger partial charge is 0.0645 e. The Morgan fingerprint density at radius 1 is 0.591 bits per heavy atom. The lowest BCUT2D eigenvalue weighted by Crippen LogP contribution is -2.44. The minimum atomic E-state index is 0.130. The molecular formula is C22H30. The minimum Gasteiger partial charge on any atom is -0.0645 e. The summed E-state index contributed by atoms with van der Waals surface area (Å²) in [7, 11) is 0. The van der Waals surface area contributed by atoms with Crippen molar-refractivity contribution in [1.29, 1.82) is 0 Å². The monoisotopic (exact) mass is 294 g/mol. The fourth-order valence-corrected chi connectivity index (χ4v) is 3.67. The summed E-state index contributed by atoms with van der Waals surface area (Å²) in [6, 6.07) is 18.3.